The van der Waals surface area contributed by atoms with Gasteiger partial charge in [-0.1, -0.05) is 43.3 Å². The van der Waals surface area contributed by atoms with Gasteiger partial charge < -0.3 is 20.5 Å². The average molecular weight is 434 g/mol. The highest BCUT2D eigenvalue weighted by atomic mass is 16.6. The summed E-state index contributed by atoms with van der Waals surface area (Å²) in [5.74, 6) is 0.881. The zero-order valence-corrected chi connectivity index (χ0v) is 18.1. The van der Waals surface area contributed by atoms with Gasteiger partial charge in [0.15, 0.2) is 5.60 Å². The van der Waals surface area contributed by atoms with Crippen LogP contribution in [0.4, 0.5) is 17.1 Å². The van der Waals surface area contributed by atoms with E-state index in [1.165, 1.54) is 5.56 Å². The molecule has 1 unspecified atom stereocenters. The average Bonchev–Trinajstić information content (AvgIpc) is 3.13. The highest BCUT2D eigenvalue weighted by Gasteiger charge is 2.54. The fourth-order valence-electron chi connectivity index (χ4n) is 4.83. The molecule has 2 heterocycles. The number of hydrogen-bond donors (Lipinski definition) is 2. The van der Waals surface area contributed by atoms with Crippen LogP contribution in [-0.4, -0.2) is 5.97 Å². The molecule has 3 N–H and O–H groups in total. The van der Waals surface area contributed by atoms with Crippen molar-refractivity contribution in [2.75, 3.05) is 11.1 Å². The Morgan fingerprint density at radius 3 is 2.52 bits per heavy atom. The number of aryl methyl sites for hydroxylation is 1. The van der Waals surface area contributed by atoms with Crippen molar-refractivity contribution in [1.82, 2.24) is 0 Å². The molecule has 0 aromatic heterocycles. The van der Waals surface area contributed by atoms with Gasteiger partial charge in [-0.25, -0.2) is 4.79 Å². The summed E-state index contributed by atoms with van der Waals surface area (Å²) in [5, 5.41) is 3.52. The molecule has 0 aliphatic carbocycles. The minimum atomic E-state index is -1.17. The third-order valence-electron chi connectivity index (χ3n) is 6.39. The molecular formula is C28H22N2O3. The maximum Gasteiger partial charge on any atom is 0.340 e. The largest absolute Gasteiger partial charge is 0.456 e. The van der Waals surface area contributed by atoms with Gasteiger partial charge in [0.05, 0.1) is 16.8 Å². The van der Waals surface area contributed by atoms with Crippen LogP contribution in [0.25, 0.3) is 0 Å². The van der Waals surface area contributed by atoms with Gasteiger partial charge in [-0.05, 0) is 60.5 Å². The standard InChI is InChI=1S/C28H22N2O3/c1-2-17-10-13-19(14-11-17)30-23-8-5-9-25-26(23)28(22-16-18(29)12-15-24(22)32-25)21-7-4-3-6-20(21)27(31)33-28/h3-16,30H,2,29H2,1H3. The summed E-state index contributed by atoms with van der Waals surface area (Å²) in [6.07, 6.45) is 0.975. The van der Waals surface area contributed by atoms with Crippen molar-refractivity contribution >= 4 is 23.0 Å². The molecule has 162 valence electrons. The molecule has 0 saturated heterocycles. The predicted octanol–water partition coefficient (Wildman–Crippen LogP) is 6.14. The monoisotopic (exact) mass is 434 g/mol. The van der Waals surface area contributed by atoms with E-state index in [4.69, 9.17) is 15.2 Å². The molecule has 1 spiro atoms. The Kier molecular flexibility index (Phi) is 4.20. The molecule has 2 aliphatic heterocycles. The van der Waals surface area contributed by atoms with Gasteiger partial charge in [-0.3, -0.25) is 0 Å². The molecule has 5 heteroatoms. The normalized spacial score (nSPS) is 17.5. The molecule has 2 aliphatic rings. The van der Waals surface area contributed by atoms with E-state index in [1.54, 1.807) is 12.1 Å². The third kappa shape index (κ3) is 2.82. The van der Waals surface area contributed by atoms with Crippen LogP contribution in [-0.2, 0) is 16.8 Å². The molecule has 0 saturated carbocycles. The highest BCUT2D eigenvalue weighted by molar-refractivity contribution is 5.97. The van der Waals surface area contributed by atoms with E-state index >= 15 is 0 Å². The minimum absolute atomic E-state index is 0.367. The number of nitrogen functional groups attached to an aromatic ring is 1. The first-order valence-electron chi connectivity index (χ1n) is 11.0. The van der Waals surface area contributed by atoms with Crippen molar-refractivity contribution < 1.29 is 14.3 Å². The van der Waals surface area contributed by atoms with E-state index in [0.29, 0.717) is 28.3 Å². The predicted molar refractivity (Wildman–Crippen MR) is 128 cm³/mol. The lowest BCUT2D eigenvalue weighted by atomic mass is 9.76. The van der Waals surface area contributed by atoms with Crippen molar-refractivity contribution in [2.24, 2.45) is 0 Å². The summed E-state index contributed by atoms with van der Waals surface area (Å²) in [6.45, 7) is 2.13. The highest BCUT2D eigenvalue weighted by Crippen LogP contribution is 2.58. The number of nitrogens with one attached hydrogen (secondary N) is 1. The van der Waals surface area contributed by atoms with Crippen LogP contribution >= 0.6 is 0 Å². The number of nitrogens with two attached hydrogens (primary N) is 1. The van der Waals surface area contributed by atoms with Crippen molar-refractivity contribution in [3.8, 4) is 11.5 Å². The van der Waals surface area contributed by atoms with Gasteiger partial charge >= 0.3 is 5.97 Å². The van der Waals surface area contributed by atoms with Crippen LogP contribution in [0, 0.1) is 0 Å². The van der Waals surface area contributed by atoms with E-state index in [1.807, 2.05) is 48.5 Å². The Hall–Kier alpha value is -4.25. The Labute approximate surface area is 191 Å². The fourth-order valence-corrected chi connectivity index (χ4v) is 4.83. The first kappa shape index (κ1) is 19.4. The molecule has 4 aromatic carbocycles. The molecule has 0 bridgehead atoms. The summed E-state index contributed by atoms with van der Waals surface area (Å²) < 4.78 is 12.6. The van der Waals surface area contributed by atoms with Crippen molar-refractivity contribution in [1.29, 1.82) is 0 Å². The number of rotatable bonds is 3. The second kappa shape index (κ2) is 7.14. The number of carbonyl (C=O) groups is 1. The van der Waals surface area contributed by atoms with E-state index in [9.17, 15) is 4.79 Å². The second-order valence-electron chi connectivity index (χ2n) is 8.33. The number of ether oxygens (including phenoxy) is 2. The first-order chi connectivity index (χ1) is 16.1. The number of anilines is 3. The van der Waals surface area contributed by atoms with E-state index < -0.39 is 5.60 Å². The Morgan fingerprint density at radius 2 is 1.70 bits per heavy atom. The Morgan fingerprint density at radius 1 is 0.879 bits per heavy atom. The van der Waals surface area contributed by atoms with Crippen LogP contribution in [0.3, 0.4) is 0 Å². The smallest absolute Gasteiger partial charge is 0.340 e. The minimum Gasteiger partial charge on any atom is -0.456 e. The number of fused-ring (bicyclic) bond motifs is 6. The van der Waals surface area contributed by atoms with Gasteiger partial charge in [-0.2, -0.15) is 0 Å². The quantitative estimate of drug-likeness (QED) is 0.299. The summed E-state index contributed by atoms with van der Waals surface area (Å²) in [7, 11) is 0. The Balaban J connectivity index is 1.61. The number of hydrogen-bond acceptors (Lipinski definition) is 5. The number of benzene rings is 4. The molecule has 6 rings (SSSR count). The summed E-state index contributed by atoms with van der Waals surface area (Å²) in [4.78, 5) is 13.1. The lowest BCUT2D eigenvalue weighted by molar-refractivity contribution is 0.0227. The summed E-state index contributed by atoms with van der Waals surface area (Å²) >= 11 is 0. The zero-order valence-electron chi connectivity index (χ0n) is 18.1. The SMILES string of the molecule is CCc1ccc(Nc2cccc3c2C2(OC(=O)c4ccccc42)c2cc(N)ccc2O3)cc1. The van der Waals surface area contributed by atoms with Crippen molar-refractivity contribution in [2.45, 2.75) is 18.9 Å². The van der Waals surface area contributed by atoms with Gasteiger partial charge in [0.2, 0.25) is 0 Å². The fraction of sp³-hybridized carbons (Fsp3) is 0.107. The van der Waals surface area contributed by atoms with Gasteiger partial charge in [0.25, 0.3) is 0 Å². The van der Waals surface area contributed by atoms with Crippen molar-refractivity contribution in [3.63, 3.8) is 0 Å². The lowest BCUT2D eigenvalue weighted by Crippen LogP contribution is -2.34. The van der Waals surface area contributed by atoms with E-state index in [2.05, 4.69) is 36.5 Å². The molecule has 4 aromatic rings. The van der Waals surface area contributed by atoms with Crippen molar-refractivity contribution in [3.05, 3.63) is 113 Å². The maximum absolute atomic E-state index is 13.1. The topological polar surface area (TPSA) is 73.6 Å². The van der Waals surface area contributed by atoms with Crippen LogP contribution in [0.2, 0.25) is 0 Å². The van der Waals surface area contributed by atoms with Gasteiger partial charge in [-0.15, -0.1) is 0 Å². The van der Waals surface area contributed by atoms with Gasteiger partial charge in [0, 0.05) is 22.5 Å². The zero-order chi connectivity index (χ0) is 22.6. The summed E-state index contributed by atoms with van der Waals surface area (Å²) in [6, 6.07) is 27.1. The van der Waals surface area contributed by atoms with Gasteiger partial charge in [0.1, 0.15) is 11.5 Å². The molecule has 0 amide bonds. The number of esters is 1. The number of carbonyl (C=O) groups excluding carboxylic acids is 1. The van der Waals surface area contributed by atoms with Crippen LogP contribution in [0.1, 0.15) is 39.5 Å². The van der Waals surface area contributed by atoms with Crippen LogP contribution < -0.4 is 15.8 Å². The lowest BCUT2D eigenvalue weighted by Gasteiger charge is -2.38. The summed E-state index contributed by atoms with van der Waals surface area (Å²) in [5.41, 5.74) is 11.4. The molecule has 33 heavy (non-hydrogen) atoms. The molecule has 0 radical (unpaired) electrons. The molecule has 0 fully saturated rings. The van der Waals surface area contributed by atoms with Crippen LogP contribution in [0.15, 0.2) is 84.9 Å². The molecule has 1 atom stereocenters. The molecule has 5 nitrogen and oxygen atoms in total. The first-order valence-corrected chi connectivity index (χ1v) is 11.0. The third-order valence-corrected chi connectivity index (χ3v) is 6.39. The molecular weight excluding hydrogens is 412 g/mol. The Bertz CT molecular complexity index is 1410. The van der Waals surface area contributed by atoms with E-state index in [-0.39, 0.29) is 5.97 Å². The maximum atomic E-state index is 13.1. The second-order valence-corrected chi connectivity index (χ2v) is 8.33. The van der Waals surface area contributed by atoms with Crippen LogP contribution in [0.5, 0.6) is 11.5 Å². The van der Waals surface area contributed by atoms with E-state index in [0.717, 1.165) is 28.9 Å².